The predicted molar refractivity (Wildman–Crippen MR) is 140 cm³/mol. The second-order valence-electron chi connectivity index (χ2n) is 7.18. The fourth-order valence-electron chi connectivity index (χ4n) is 3.07. The molecule has 0 saturated carbocycles. The number of benzene rings is 2. The Morgan fingerprint density at radius 2 is 1.83 bits per heavy atom. The molecular weight excluding hydrogens is 576 g/mol. The minimum Gasteiger partial charge on any atom is -0.494 e. The van der Waals surface area contributed by atoms with Crippen LogP contribution < -0.4 is 14.8 Å². The van der Waals surface area contributed by atoms with Gasteiger partial charge in [-0.25, -0.2) is 4.79 Å². The number of amides is 3. The van der Waals surface area contributed by atoms with Crippen LogP contribution in [0.1, 0.15) is 19.4 Å². The maximum atomic E-state index is 12.8. The Bertz CT molecular complexity index is 1180. The summed E-state index contributed by atoms with van der Waals surface area (Å²) in [6.45, 7) is 3.56. The normalized spacial score (nSPS) is 14.2. The Hall–Kier alpha value is -3.02. The van der Waals surface area contributed by atoms with Crippen LogP contribution in [0.2, 0.25) is 5.02 Å². The van der Waals surface area contributed by atoms with Gasteiger partial charge in [0.2, 0.25) is 5.91 Å². The number of hydrogen-bond donors (Lipinski definition) is 1. The highest BCUT2D eigenvalue weighted by Gasteiger charge is 2.36. The van der Waals surface area contributed by atoms with E-state index in [2.05, 4.69) is 21.2 Å². The molecule has 0 atom stereocenters. The van der Waals surface area contributed by atoms with Gasteiger partial charge in [0.15, 0.2) is 12.4 Å². The molecule has 0 spiro atoms. The third kappa shape index (κ3) is 7.25. The van der Waals surface area contributed by atoms with Crippen molar-refractivity contribution in [3.8, 4) is 11.5 Å². The molecule has 12 heteroatoms. The summed E-state index contributed by atoms with van der Waals surface area (Å²) in [5.41, 5.74) is 1.02. The number of halogens is 2. The molecule has 1 fully saturated rings. The fourth-order valence-corrected chi connectivity index (χ4v) is 4.89. The van der Waals surface area contributed by atoms with Crippen molar-refractivity contribution in [3.05, 3.63) is 56.4 Å². The van der Waals surface area contributed by atoms with Crippen molar-refractivity contribution in [2.75, 3.05) is 31.7 Å². The Kier molecular flexibility index (Phi) is 9.80. The van der Waals surface area contributed by atoms with Crippen molar-refractivity contribution in [2.45, 2.75) is 13.8 Å². The molecule has 1 heterocycles. The molecule has 3 amide bonds. The van der Waals surface area contributed by atoms with E-state index >= 15 is 0 Å². The van der Waals surface area contributed by atoms with Crippen molar-refractivity contribution in [3.63, 3.8) is 0 Å². The number of nitrogens with zero attached hydrogens (tertiary/aromatic N) is 1. The first-order valence-electron chi connectivity index (χ1n) is 10.8. The monoisotopic (exact) mass is 596 g/mol. The summed E-state index contributed by atoms with van der Waals surface area (Å²) in [4.78, 5) is 50.2. The van der Waals surface area contributed by atoms with Crippen LogP contribution in [0.4, 0.5) is 10.5 Å². The molecule has 1 aliphatic heterocycles. The van der Waals surface area contributed by atoms with Crippen molar-refractivity contribution in [1.29, 1.82) is 0 Å². The van der Waals surface area contributed by atoms with Gasteiger partial charge in [-0.05, 0) is 89.6 Å². The second-order valence-corrected chi connectivity index (χ2v) is 9.44. The average Bonchev–Trinajstić information content (AvgIpc) is 3.07. The van der Waals surface area contributed by atoms with Crippen LogP contribution in [-0.2, 0) is 19.1 Å². The van der Waals surface area contributed by atoms with Gasteiger partial charge in [0.05, 0.1) is 27.6 Å². The van der Waals surface area contributed by atoms with Crippen LogP contribution in [0, 0.1) is 0 Å². The molecule has 190 valence electrons. The van der Waals surface area contributed by atoms with Crippen LogP contribution in [0.25, 0.3) is 6.08 Å². The van der Waals surface area contributed by atoms with Crippen LogP contribution in [0.15, 0.2) is 45.8 Å². The minimum atomic E-state index is -0.596. The molecule has 1 saturated heterocycles. The molecule has 1 aliphatic rings. The average molecular weight is 598 g/mol. The zero-order chi connectivity index (χ0) is 26.2. The molecule has 0 aliphatic carbocycles. The van der Waals surface area contributed by atoms with Gasteiger partial charge in [0.25, 0.3) is 11.1 Å². The molecule has 1 N–H and O–H groups in total. The van der Waals surface area contributed by atoms with Crippen molar-refractivity contribution in [1.82, 2.24) is 4.90 Å². The maximum absolute atomic E-state index is 12.8. The molecule has 9 nitrogen and oxygen atoms in total. The second kappa shape index (κ2) is 12.8. The topological polar surface area (TPSA) is 111 Å². The summed E-state index contributed by atoms with van der Waals surface area (Å²) in [6, 6.07) is 9.89. The van der Waals surface area contributed by atoms with E-state index < -0.39 is 29.6 Å². The molecule has 2 aromatic carbocycles. The molecule has 36 heavy (non-hydrogen) atoms. The van der Waals surface area contributed by atoms with Crippen LogP contribution in [0.3, 0.4) is 0 Å². The summed E-state index contributed by atoms with van der Waals surface area (Å²) in [5.74, 6) is -0.749. The Morgan fingerprint density at radius 1 is 1.11 bits per heavy atom. The first-order chi connectivity index (χ1) is 17.2. The first kappa shape index (κ1) is 27.6. The van der Waals surface area contributed by atoms with Gasteiger partial charge in [0, 0.05) is 5.69 Å². The fraction of sp³-hybridized carbons (Fsp3) is 0.250. The summed E-state index contributed by atoms with van der Waals surface area (Å²) in [7, 11) is 0. The summed E-state index contributed by atoms with van der Waals surface area (Å²) < 4.78 is 16.0. The van der Waals surface area contributed by atoms with Gasteiger partial charge in [-0.3, -0.25) is 19.3 Å². The summed E-state index contributed by atoms with van der Waals surface area (Å²) >= 11 is 10.3. The highest BCUT2D eigenvalue weighted by atomic mass is 79.9. The van der Waals surface area contributed by atoms with E-state index in [4.69, 9.17) is 25.8 Å². The van der Waals surface area contributed by atoms with Gasteiger partial charge in [-0.1, -0.05) is 11.6 Å². The Balaban J connectivity index is 1.65. The Labute approximate surface area is 225 Å². The van der Waals surface area contributed by atoms with Gasteiger partial charge in [-0.15, -0.1) is 0 Å². The van der Waals surface area contributed by atoms with E-state index in [1.807, 2.05) is 6.92 Å². The third-order valence-electron chi connectivity index (χ3n) is 4.58. The van der Waals surface area contributed by atoms with Crippen LogP contribution in [0.5, 0.6) is 11.5 Å². The molecule has 0 bridgehead atoms. The maximum Gasteiger partial charge on any atom is 0.344 e. The van der Waals surface area contributed by atoms with E-state index in [9.17, 15) is 19.2 Å². The lowest BCUT2D eigenvalue weighted by Crippen LogP contribution is -2.36. The predicted octanol–water partition coefficient (Wildman–Crippen LogP) is 5.12. The van der Waals surface area contributed by atoms with Crippen molar-refractivity contribution >= 4 is 74.1 Å². The number of nitrogens with one attached hydrogen (secondary N) is 1. The third-order valence-corrected chi connectivity index (χ3v) is 6.36. The lowest BCUT2D eigenvalue weighted by molar-refractivity contribution is -0.145. The zero-order valence-electron chi connectivity index (χ0n) is 19.3. The van der Waals surface area contributed by atoms with Crippen LogP contribution >= 0.6 is 39.3 Å². The van der Waals surface area contributed by atoms with Crippen LogP contribution in [-0.4, -0.2) is 54.3 Å². The summed E-state index contributed by atoms with van der Waals surface area (Å²) in [5, 5.41) is 2.28. The SMILES string of the molecule is CCOC(=O)COc1c(Cl)cc(/C=C2/SC(=O)N(CC(=O)Nc3ccc(OCC)cc3)C2=O)cc1Br. The largest absolute Gasteiger partial charge is 0.494 e. The Morgan fingerprint density at radius 3 is 2.47 bits per heavy atom. The quantitative estimate of drug-likeness (QED) is 0.297. The number of ether oxygens (including phenoxy) is 3. The van der Waals surface area contributed by atoms with E-state index in [0.29, 0.717) is 28.1 Å². The molecule has 0 aromatic heterocycles. The van der Waals surface area contributed by atoms with E-state index in [1.165, 1.54) is 12.1 Å². The van der Waals surface area contributed by atoms with Crippen molar-refractivity contribution < 1.29 is 33.4 Å². The number of hydrogen-bond acceptors (Lipinski definition) is 8. The number of thioether (sulfide) groups is 1. The molecule has 2 aromatic rings. The smallest absolute Gasteiger partial charge is 0.344 e. The van der Waals surface area contributed by atoms with E-state index in [-0.39, 0.29) is 28.9 Å². The first-order valence-corrected chi connectivity index (χ1v) is 12.8. The number of carbonyl (C=O) groups is 4. The molecule has 0 unspecified atom stereocenters. The van der Waals surface area contributed by atoms with E-state index in [0.717, 1.165) is 16.7 Å². The lowest BCUT2D eigenvalue weighted by Gasteiger charge is -2.13. The highest BCUT2D eigenvalue weighted by molar-refractivity contribution is 9.10. The van der Waals surface area contributed by atoms with Gasteiger partial charge in [-0.2, -0.15) is 0 Å². The number of carbonyl (C=O) groups excluding carboxylic acids is 4. The summed E-state index contributed by atoms with van der Waals surface area (Å²) in [6.07, 6.45) is 1.49. The number of imide groups is 1. The van der Waals surface area contributed by atoms with Gasteiger partial charge in [0.1, 0.15) is 12.3 Å². The molecular formula is C24H22BrClN2O7S. The van der Waals surface area contributed by atoms with Gasteiger partial charge >= 0.3 is 5.97 Å². The van der Waals surface area contributed by atoms with Crippen molar-refractivity contribution in [2.24, 2.45) is 0 Å². The number of rotatable bonds is 10. The zero-order valence-corrected chi connectivity index (χ0v) is 22.5. The molecule has 0 radical (unpaired) electrons. The minimum absolute atomic E-state index is 0.136. The van der Waals surface area contributed by atoms with E-state index in [1.54, 1.807) is 37.3 Å². The highest BCUT2D eigenvalue weighted by Crippen LogP contribution is 2.37. The van der Waals surface area contributed by atoms with Gasteiger partial charge < -0.3 is 19.5 Å². The number of anilines is 1. The molecule has 3 rings (SSSR count). The lowest BCUT2D eigenvalue weighted by atomic mass is 10.2. The number of esters is 1. The standard InChI is InChI=1S/C24H22BrClN2O7S/c1-3-33-16-7-5-15(6-8-16)27-20(29)12-28-23(31)19(36-24(28)32)11-14-9-17(25)22(18(26)10-14)35-13-21(30)34-4-2/h5-11H,3-4,12-13H2,1-2H3,(H,27,29)/b19-11+.